The van der Waals surface area contributed by atoms with Gasteiger partial charge in [0.05, 0.1) is 0 Å². The normalized spacial score (nSPS) is 10.4. The first-order valence-corrected chi connectivity index (χ1v) is 6.71. The lowest BCUT2D eigenvalue weighted by atomic mass is 10.2. The van der Waals surface area contributed by atoms with Gasteiger partial charge in [-0.3, -0.25) is 10.1 Å². The Bertz CT molecular complexity index is 681. The van der Waals surface area contributed by atoms with Gasteiger partial charge in [-0.1, -0.05) is 42.5 Å². The molecule has 0 aliphatic heterocycles. The standard InChI is InChI=1S/C17H15N2O3/c20-11-5-7-13-6-4-10-15(12-13)18-17(22)19-16(21)14-8-2-1-3-9-14/h1-10,12H,11H2,(H2,18,19,21,22). The first kappa shape index (κ1) is 15.5. The topological polar surface area (TPSA) is 78.1 Å². The predicted octanol–water partition coefficient (Wildman–Crippen LogP) is 3.09. The highest BCUT2D eigenvalue weighted by Gasteiger charge is 2.09. The van der Waals surface area contributed by atoms with Gasteiger partial charge in [0.1, 0.15) is 6.61 Å². The number of carbonyl (C=O) groups is 2. The molecule has 0 heterocycles. The number of imide groups is 1. The van der Waals surface area contributed by atoms with E-state index in [-0.39, 0.29) is 6.61 Å². The molecule has 3 amide bonds. The Morgan fingerprint density at radius 3 is 2.50 bits per heavy atom. The summed E-state index contributed by atoms with van der Waals surface area (Å²) >= 11 is 0. The van der Waals surface area contributed by atoms with Crippen LogP contribution in [0, 0.1) is 0 Å². The zero-order chi connectivity index (χ0) is 15.8. The molecule has 0 fully saturated rings. The van der Waals surface area contributed by atoms with E-state index in [2.05, 4.69) is 10.6 Å². The highest BCUT2D eigenvalue weighted by atomic mass is 16.2. The average molecular weight is 295 g/mol. The van der Waals surface area contributed by atoms with E-state index in [0.717, 1.165) is 5.56 Å². The largest absolute Gasteiger partial charge is 0.326 e. The molecular formula is C17H15N2O3. The van der Waals surface area contributed by atoms with E-state index in [1.807, 2.05) is 6.07 Å². The van der Waals surface area contributed by atoms with Crippen LogP contribution in [0.15, 0.2) is 60.7 Å². The molecule has 0 bridgehead atoms. The van der Waals surface area contributed by atoms with Gasteiger partial charge in [-0.15, -0.1) is 0 Å². The van der Waals surface area contributed by atoms with Crippen LogP contribution in [0.2, 0.25) is 0 Å². The summed E-state index contributed by atoms with van der Waals surface area (Å²) < 4.78 is 0. The number of carbonyl (C=O) groups excluding carboxylic acids is 2. The van der Waals surface area contributed by atoms with E-state index in [4.69, 9.17) is 0 Å². The van der Waals surface area contributed by atoms with E-state index in [1.165, 1.54) is 6.08 Å². The molecule has 2 rings (SSSR count). The van der Waals surface area contributed by atoms with Gasteiger partial charge in [0.15, 0.2) is 0 Å². The van der Waals surface area contributed by atoms with E-state index < -0.39 is 11.9 Å². The maximum Gasteiger partial charge on any atom is 0.326 e. The Morgan fingerprint density at radius 1 is 1.00 bits per heavy atom. The lowest BCUT2D eigenvalue weighted by Crippen LogP contribution is -2.34. The van der Waals surface area contributed by atoms with Gasteiger partial charge < -0.3 is 5.32 Å². The molecule has 0 atom stereocenters. The molecule has 2 aromatic carbocycles. The van der Waals surface area contributed by atoms with E-state index in [9.17, 15) is 14.7 Å². The number of rotatable bonds is 4. The molecule has 0 spiro atoms. The number of hydrogen-bond acceptors (Lipinski definition) is 2. The van der Waals surface area contributed by atoms with Crippen LogP contribution in [-0.2, 0) is 5.11 Å². The molecule has 0 aromatic heterocycles. The van der Waals surface area contributed by atoms with Crippen molar-refractivity contribution in [2.75, 3.05) is 11.9 Å². The maximum absolute atomic E-state index is 11.8. The van der Waals surface area contributed by atoms with Crippen molar-refractivity contribution in [1.29, 1.82) is 0 Å². The molecular weight excluding hydrogens is 280 g/mol. The Kier molecular flexibility index (Phi) is 5.45. The monoisotopic (exact) mass is 295 g/mol. The molecule has 0 aliphatic rings. The Hall–Kier alpha value is -2.92. The minimum atomic E-state index is -0.612. The zero-order valence-electron chi connectivity index (χ0n) is 11.8. The number of benzene rings is 2. The van der Waals surface area contributed by atoms with Crippen molar-refractivity contribution in [1.82, 2.24) is 5.32 Å². The fraction of sp³-hybridized carbons (Fsp3) is 0.0588. The summed E-state index contributed by atoms with van der Waals surface area (Å²) in [6.07, 6.45) is 3.16. The van der Waals surface area contributed by atoms with Gasteiger partial charge in [0.25, 0.3) is 5.91 Å². The summed E-state index contributed by atoms with van der Waals surface area (Å²) in [6.45, 7) is -0.302. The molecule has 2 N–H and O–H groups in total. The first-order valence-electron chi connectivity index (χ1n) is 6.71. The van der Waals surface area contributed by atoms with Crippen molar-refractivity contribution in [3.63, 3.8) is 0 Å². The molecule has 0 saturated heterocycles. The van der Waals surface area contributed by atoms with Crippen molar-refractivity contribution in [2.24, 2.45) is 0 Å². The second-order valence-electron chi connectivity index (χ2n) is 4.47. The highest BCUT2D eigenvalue weighted by Crippen LogP contribution is 2.12. The van der Waals surface area contributed by atoms with Crippen molar-refractivity contribution >= 4 is 23.7 Å². The SMILES string of the molecule is [O]CC=Cc1cccc(NC(=O)NC(=O)c2ccccc2)c1. The lowest BCUT2D eigenvalue weighted by Gasteiger charge is -2.07. The first-order chi connectivity index (χ1) is 10.7. The molecule has 5 nitrogen and oxygen atoms in total. The van der Waals surface area contributed by atoms with Gasteiger partial charge in [-0.05, 0) is 29.8 Å². The fourth-order valence-corrected chi connectivity index (χ4v) is 1.83. The summed E-state index contributed by atoms with van der Waals surface area (Å²) in [6, 6.07) is 14.8. The van der Waals surface area contributed by atoms with Crippen molar-refractivity contribution < 1.29 is 14.7 Å². The fourth-order valence-electron chi connectivity index (χ4n) is 1.83. The summed E-state index contributed by atoms with van der Waals surface area (Å²) in [5.41, 5.74) is 1.74. The van der Waals surface area contributed by atoms with Crippen molar-refractivity contribution in [3.05, 3.63) is 71.8 Å². The quantitative estimate of drug-likeness (QED) is 0.909. The van der Waals surface area contributed by atoms with Crippen molar-refractivity contribution in [3.8, 4) is 0 Å². The lowest BCUT2D eigenvalue weighted by molar-refractivity contribution is 0.0967. The molecule has 5 heteroatoms. The van der Waals surface area contributed by atoms with Crippen LogP contribution in [-0.4, -0.2) is 18.5 Å². The Morgan fingerprint density at radius 2 is 1.77 bits per heavy atom. The smallest absolute Gasteiger partial charge is 0.308 e. The van der Waals surface area contributed by atoms with Gasteiger partial charge in [-0.2, -0.15) is 0 Å². The highest BCUT2D eigenvalue weighted by molar-refractivity contribution is 6.07. The van der Waals surface area contributed by atoms with Crippen LogP contribution in [0.5, 0.6) is 0 Å². The molecule has 0 unspecified atom stereocenters. The third-order valence-corrected chi connectivity index (χ3v) is 2.81. The minimum Gasteiger partial charge on any atom is -0.308 e. The second kappa shape index (κ2) is 7.75. The van der Waals surface area contributed by atoms with E-state index in [0.29, 0.717) is 11.3 Å². The predicted molar refractivity (Wildman–Crippen MR) is 84.0 cm³/mol. The van der Waals surface area contributed by atoms with Crippen LogP contribution in [0.3, 0.4) is 0 Å². The van der Waals surface area contributed by atoms with Crippen LogP contribution in [0.4, 0.5) is 10.5 Å². The Labute approximate surface area is 128 Å². The number of urea groups is 1. The summed E-state index contributed by atoms with van der Waals surface area (Å²) in [5.74, 6) is -0.472. The van der Waals surface area contributed by atoms with E-state index >= 15 is 0 Å². The van der Waals surface area contributed by atoms with Crippen LogP contribution in [0.25, 0.3) is 6.08 Å². The summed E-state index contributed by atoms with van der Waals surface area (Å²) in [7, 11) is 0. The average Bonchev–Trinajstić information content (AvgIpc) is 2.54. The van der Waals surface area contributed by atoms with Gasteiger partial charge in [0, 0.05) is 11.3 Å². The van der Waals surface area contributed by atoms with Crippen LogP contribution < -0.4 is 10.6 Å². The van der Waals surface area contributed by atoms with Crippen LogP contribution >= 0.6 is 0 Å². The van der Waals surface area contributed by atoms with Crippen molar-refractivity contribution in [2.45, 2.75) is 0 Å². The van der Waals surface area contributed by atoms with E-state index in [1.54, 1.807) is 54.6 Å². The summed E-state index contributed by atoms with van der Waals surface area (Å²) in [4.78, 5) is 23.6. The zero-order valence-corrected chi connectivity index (χ0v) is 11.8. The third kappa shape index (κ3) is 4.57. The second-order valence-corrected chi connectivity index (χ2v) is 4.47. The number of nitrogens with one attached hydrogen (secondary N) is 2. The van der Waals surface area contributed by atoms with Gasteiger partial charge in [-0.25, -0.2) is 9.90 Å². The van der Waals surface area contributed by atoms with Crippen LogP contribution in [0.1, 0.15) is 15.9 Å². The molecule has 1 radical (unpaired) electrons. The van der Waals surface area contributed by atoms with Gasteiger partial charge >= 0.3 is 6.03 Å². The van der Waals surface area contributed by atoms with Gasteiger partial charge in [0.2, 0.25) is 0 Å². The third-order valence-electron chi connectivity index (χ3n) is 2.81. The summed E-state index contributed by atoms with van der Waals surface area (Å²) in [5, 5.41) is 15.2. The minimum absolute atomic E-state index is 0.302. The molecule has 111 valence electrons. The Balaban J connectivity index is 1.97. The molecule has 22 heavy (non-hydrogen) atoms. The number of amides is 3. The molecule has 2 aromatic rings. The maximum atomic E-state index is 11.8. The number of anilines is 1. The number of hydrogen-bond donors (Lipinski definition) is 2. The molecule has 0 saturated carbocycles. The molecule has 0 aliphatic carbocycles.